The average Bonchev–Trinajstić information content (AvgIpc) is 3.17. The van der Waals surface area contributed by atoms with E-state index in [1.807, 2.05) is 24.3 Å². The molecule has 1 aliphatic rings. The topological polar surface area (TPSA) is 84.2 Å². The number of hydrogen-bond donors (Lipinski definition) is 3. The van der Waals surface area contributed by atoms with Gasteiger partial charge in [-0.25, -0.2) is 0 Å². The molecule has 1 aliphatic carbocycles. The highest BCUT2D eigenvalue weighted by Crippen LogP contribution is 2.24. The van der Waals surface area contributed by atoms with Crippen LogP contribution in [0.4, 0.5) is 11.4 Å². The summed E-state index contributed by atoms with van der Waals surface area (Å²) in [5, 5.41) is 5.78. The van der Waals surface area contributed by atoms with Gasteiger partial charge in [-0.1, -0.05) is 37.1 Å². The highest BCUT2D eigenvalue weighted by Gasteiger charge is 2.22. The van der Waals surface area contributed by atoms with Gasteiger partial charge in [-0.2, -0.15) is 0 Å². The molecular formula is C20H23N3O2. The van der Waals surface area contributed by atoms with Crippen LogP contribution < -0.4 is 16.4 Å². The SMILES string of the molecule is Nc1ccccc1NC(=O)c1ccc(CNC(=O)C2CCCC2)cc1. The first-order chi connectivity index (χ1) is 12.1. The Balaban J connectivity index is 1.55. The zero-order chi connectivity index (χ0) is 17.6. The summed E-state index contributed by atoms with van der Waals surface area (Å²) in [7, 11) is 0. The van der Waals surface area contributed by atoms with Crippen LogP contribution in [0, 0.1) is 5.92 Å². The van der Waals surface area contributed by atoms with Gasteiger partial charge in [0.2, 0.25) is 5.91 Å². The first-order valence-corrected chi connectivity index (χ1v) is 8.66. The number of anilines is 2. The van der Waals surface area contributed by atoms with Crippen molar-refractivity contribution in [2.75, 3.05) is 11.1 Å². The fraction of sp³-hybridized carbons (Fsp3) is 0.300. The van der Waals surface area contributed by atoms with Crippen molar-refractivity contribution in [3.05, 3.63) is 59.7 Å². The Hall–Kier alpha value is -2.82. The molecule has 5 nitrogen and oxygen atoms in total. The van der Waals surface area contributed by atoms with Crippen molar-refractivity contribution in [3.8, 4) is 0 Å². The lowest BCUT2D eigenvalue weighted by molar-refractivity contribution is -0.124. The molecule has 2 amide bonds. The molecule has 0 aromatic heterocycles. The number of nitrogens with one attached hydrogen (secondary N) is 2. The minimum absolute atomic E-state index is 0.138. The van der Waals surface area contributed by atoms with Crippen molar-refractivity contribution in [3.63, 3.8) is 0 Å². The van der Waals surface area contributed by atoms with Crippen LogP contribution >= 0.6 is 0 Å². The van der Waals surface area contributed by atoms with Gasteiger partial charge in [-0.3, -0.25) is 9.59 Å². The lowest BCUT2D eigenvalue weighted by Gasteiger charge is -2.11. The van der Waals surface area contributed by atoms with Gasteiger partial charge in [0, 0.05) is 18.0 Å². The third kappa shape index (κ3) is 4.38. The van der Waals surface area contributed by atoms with E-state index in [9.17, 15) is 9.59 Å². The molecule has 4 N–H and O–H groups in total. The first kappa shape index (κ1) is 17.0. The second kappa shape index (κ2) is 7.83. The fourth-order valence-electron chi connectivity index (χ4n) is 3.10. The normalized spacial score (nSPS) is 14.2. The minimum atomic E-state index is -0.209. The number of nitrogens with two attached hydrogens (primary N) is 1. The van der Waals surface area contributed by atoms with Crippen LogP contribution in [0.15, 0.2) is 48.5 Å². The second-order valence-electron chi connectivity index (χ2n) is 6.44. The Labute approximate surface area is 147 Å². The van der Waals surface area contributed by atoms with E-state index in [0.717, 1.165) is 31.2 Å². The van der Waals surface area contributed by atoms with Crippen LogP contribution in [0.5, 0.6) is 0 Å². The van der Waals surface area contributed by atoms with Gasteiger partial charge < -0.3 is 16.4 Å². The third-order valence-corrected chi connectivity index (χ3v) is 4.62. The zero-order valence-electron chi connectivity index (χ0n) is 14.1. The molecule has 25 heavy (non-hydrogen) atoms. The standard InChI is InChI=1S/C20H23N3O2/c21-17-7-3-4-8-18(17)23-20(25)16-11-9-14(10-12-16)13-22-19(24)15-5-1-2-6-15/h3-4,7-12,15H,1-2,5-6,13,21H2,(H,22,24)(H,23,25). The molecule has 3 rings (SSSR count). The molecular weight excluding hydrogens is 314 g/mol. The van der Waals surface area contributed by atoms with Gasteiger partial charge in [-0.05, 0) is 42.7 Å². The third-order valence-electron chi connectivity index (χ3n) is 4.62. The molecule has 0 unspecified atom stereocenters. The molecule has 1 saturated carbocycles. The summed E-state index contributed by atoms with van der Waals surface area (Å²) < 4.78 is 0. The molecule has 0 bridgehead atoms. The van der Waals surface area contributed by atoms with E-state index in [-0.39, 0.29) is 17.7 Å². The number of hydrogen-bond acceptors (Lipinski definition) is 3. The summed E-state index contributed by atoms with van der Waals surface area (Å²) in [6.45, 7) is 0.489. The zero-order valence-corrected chi connectivity index (χ0v) is 14.1. The highest BCUT2D eigenvalue weighted by atomic mass is 16.2. The summed E-state index contributed by atoms with van der Waals surface area (Å²) in [5.41, 5.74) is 8.49. The summed E-state index contributed by atoms with van der Waals surface area (Å²) in [4.78, 5) is 24.3. The van der Waals surface area contributed by atoms with Crippen molar-refractivity contribution < 1.29 is 9.59 Å². The minimum Gasteiger partial charge on any atom is -0.397 e. The van der Waals surface area contributed by atoms with Crippen LogP contribution in [0.25, 0.3) is 0 Å². The molecule has 0 radical (unpaired) electrons. The maximum atomic E-state index is 12.3. The fourth-order valence-corrected chi connectivity index (χ4v) is 3.10. The molecule has 0 aliphatic heterocycles. The van der Waals surface area contributed by atoms with Crippen LogP contribution in [-0.4, -0.2) is 11.8 Å². The average molecular weight is 337 g/mol. The summed E-state index contributed by atoms with van der Waals surface area (Å²) >= 11 is 0. The van der Waals surface area contributed by atoms with E-state index in [1.54, 1.807) is 24.3 Å². The molecule has 0 atom stereocenters. The molecule has 2 aromatic rings. The van der Waals surface area contributed by atoms with E-state index >= 15 is 0 Å². The second-order valence-corrected chi connectivity index (χ2v) is 6.44. The lowest BCUT2D eigenvalue weighted by atomic mass is 10.1. The van der Waals surface area contributed by atoms with Gasteiger partial charge in [0.1, 0.15) is 0 Å². The van der Waals surface area contributed by atoms with Gasteiger partial charge in [-0.15, -0.1) is 0 Å². The van der Waals surface area contributed by atoms with E-state index in [0.29, 0.717) is 23.5 Å². The number of carbonyl (C=O) groups excluding carboxylic acids is 2. The Morgan fingerprint density at radius 1 is 1.00 bits per heavy atom. The summed E-state index contributed by atoms with van der Waals surface area (Å²) in [6.07, 6.45) is 4.28. The van der Waals surface area contributed by atoms with E-state index < -0.39 is 0 Å². The number of para-hydroxylation sites is 2. The first-order valence-electron chi connectivity index (χ1n) is 8.66. The smallest absolute Gasteiger partial charge is 0.255 e. The van der Waals surface area contributed by atoms with Crippen molar-refractivity contribution >= 4 is 23.2 Å². The molecule has 0 saturated heterocycles. The number of amides is 2. The Bertz CT molecular complexity index is 750. The van der Waals surface area contributed by atoms with Crippen LogP contribution in [0.3, 0.4) is 0 Å². The predicted molar refractivity (Wildman–Crippen MR) is 99.1 cm³/mol. The molecule has 0 heterocycles. The van der Waals surface area contributed by atoms with E-state index in [2.05, 4.69) is 10.6 Å². The Morgan fingerprint density at radius 3 is 2.36 bits per heavy atom. The quantitative estimate of drug-likeness (QED) is 0.732. The monoisotopic (exact) mass is 337 g/mol. The molecule has 2 aromatic carbocycles. The van der Waals surface area contributed by atoms with Crippen LogP contribution in [0.2, 0.25) is 0 Å². The van der Waals surface area contributed by atoms with Crippen molar-refractivity contribution in [1.82, 2.24) is 5.32 Å². The Kier molecular flexibility index (Phi) is 5.33. The number of rotatable bonds is 5. The summed E-state index contributed by atoms with van der Waals surface area (Å²) in [5.74, 6) is 0.0969. The maximum Gasteiger partial charge on any atom is 0.255 e. The molecule has 130 valence electrons. The Morgan fingerprint density at radius 2 is 1.68 bits per heavy atom. The number of nitrogen functional groups attached to an aromatic ring is 1. The van der Waals surface area contributed by atoms with E-state index in [4.69, 9.17) is 5.73 Å². The number of carbonyl (C=O) groups is 2. The lowest BCUT2D eigenvalue weighted by Crippen LogP contribution is -2.28. The predicted octanol–water partition coefficient (Wildman–Crippen LogP) is 3.33. The summed E-state index contributed by atoms with van der Waals surface area (Å²) in [6, 6.07) is 14.4. The van der Waals surface area contributed by atoms with Crippen molar-refractivity contribution in [2.24, 2.45) is 5.92 Å². The maximum absolute atomic E-state index is 12.3. The van der Waals surface area contributed by atoms with Gasteiger partial charge in [0.05, 0.1) is 11.4 Å². The highest BCUT2D eigenvalue weighted by molar-refractivity contribution is 6.05. The van der Waals surface area contributed by atoms with Crippen molar-refractivity contribution in [2.45, 2.75) is 32.2 Å². The van der Waals surface area contributed by atoms with Gasteiger partial charge >= 0.3 is 0 Å². The molecule has 5 heteroatoms. The molecule has 0 spiro atoms. The molecule has 1 fully saturated rings. The van der Waals surface area contributed by atoms with Gasteiger partial charge in [0.15, 0.2) is 0 Å². The van der Waals surface area contributed by atoms with Crippen LogP contribution in [0.1, 0.15) is 41.6 Å². The van der Waals surface area contributed by atoms with E-state index in [1.165, 1.54) is 0 Å². The largest absolute Gasteiger partial charge is 0.397 e. The number of benzene rings is 2. The van der Waals surface area contributed by atoms with Crippen molar-refractivity contribution in [1.29, 1.82) is 0 Å². The van der Waals surface area contributed by atoms with Crippen LogP contribution in [-0.2, 0) is 11.3 Å². The van der Waals surface area contributed by atoms with Gasteiger partial charge in [0.25, 0.3) is 5.91 Å².